The lowest BCUT2D eigenvalue weighted by Crippen LogP contribution is -2.29. The van der Waals surface area contributed by atoms with E-state index < -0.39 is 0 Å². The molecule has 0 spiro atoms. The maximum atomic E-state index is 8.78. The largest absolute Gasteiger partial charge is 0.395 e. The lowest BCUT2D eigenvalue weighted by atomic mass is 10.2. The molecular weight excluding hydrogens is 254 g/mol. The van der Waals surface area contributed by atoms with Gasteiger partial charge in [-0.1, -0.05) is 25.7 Å². The zero-order valence-electron chi connectivity index (χ0n) is 11.9. The minimum absolute atomic E-state index is 0.147. The fourth-order valence-corrected chi connectivity index (χ4v) is 3.08. The van der Waals surface area contributed by atoms with Gasteiger partial charge in [-0.25, -0.2) is 0 Å². The average molecular weight is 277 g/mol. The molecule has 0 unspecified atom stereocenters. The minimum Gasteiger partial charge on any atom is -0.395 e. The molecular formula is C16H23NOS. The highest BCUT2D eigenvalue weighted by Gasteiger charge is 2.29. The molecule has 2 rings (SSSR count). The molecule has 0 aromatic carbocycles. The maximum absolute atomic E-state index is 8.78. The fourth-order valence-electron chi connectivity index (χ4n) is 2.22. The first-order valence-corrected chi connectivity index (χ1v) is 7.98. The van der Waals surface area contributed by atoms with Crippen molar-refractivity contribution in [2.24, 2.45) is 5.92 Å². The van der Waals surface area contributed by atoms with E-state index >= 15 is 0 Å². The van der Waals surface area contributed by atoms with Crippen molar-refractivity contribution in [3.8, 4) is 11.8 Å². The summed E-state index contributed by atoms with van der Waals surface area (Å²) in [5, 5.41) is 10.9. The predicted octanol–water partition coefficient (Wildman–Crippen LogP) is 3.10. The van der Waals surface area contributed by atoms with Crippen molar-refractivity contribution in [3.63, 3.8) is 0 Å². The van der Waals surface area contributed by atoms with E-state index in [0.717, 1.165) is 18.2 Å². The van der Waals surface area contributed by atoms with Crippen molar-refractivity contribution >= 4 is 11.3 Å². The van der Waals surface area contributed by atoms with E-state index in [2.05, 4.69) is 42.0 Å². The molecule has 1 saturated carbocycles. The van der Waals surface area contributed by atoms with Crippen LogP contribution in [0.1, 0.15) is 43.6 Å². The van der Waals surface area contributed by atoms with Crippen LogP contribution < -0.4 is 0 Å². The van der Waals surface area contributed by atoms with Gasteiger partial charge in [0.25, 0.3) is 0 Å². The summed E-state index contributed by atoms with van der Waals surface area (Å²) in [6.07, 6.45) is 3.26. The molecule has 19 heavy (non-hydrogen) atoms. The van der Waals surface area contributed by atoms with Crippen LogP contribution in [0.3, 0.4) is 0 Å². The van der Waals surface area contributed by atoms with Gasteiger partial charge in [0.05, 0.1) is 6.61 Å². The maximum Gasteiger partial charge on any atom is 0.0540 e. The Labute approximate surface area is 120 Å². The van der Waals surface area contributed by atoms with Crippen LogP contribution in [0, 0.1) is 17.8 Å². The lowest BCUT2D eigenvalue weighted by molar-refractivity contribution is 0.228. The highest BCUT2D eigenvalue weighted by molar-refractivity contribution is 7.10. The number of aliphatic hydroxyl groups is 1. The zero-order valence-corrected chi connectivity index (χ0v) is 12.7. The standard InChI is InChI=1S/C16H23NOS/c1-13(2)11-17(15-6-7-15)12-16-14(8-10-19-16)5-3-4-9-18/h8,10,13,15,18H,4,6-7,9,11-12H2,1-2H3. The lowest BCUT2D eigenvalue weighted by Gasteiger charge is -2.23. The summed E-state index contributed by atoms with van der Waals surface area (Å²) in [5.41, 5.74) is 1.15. The first-order chi connectivity index (χ1) is 9.20. The molecule has 1 aromatic heterocycles. The Balaban J connectivity index is 2.01. The van der Waals surface area contributed by atoms with Gasteiger partial charge in [-0.05, 0) is 30.2 Å². The Morgan fingerprint density at radius 2 is 2.26 bits per heavy atom. The molecule has 0 bridgehead atoms. The van der Waals surface area contributed by atoms with Crippen molar-refractivity contribution in [1.29, 1.82) is 0 Å². The number of hydrogen-bond donors (Lipinski definition) is 1. The number of aliphatic hydroxyl groups excluding tert-OH is 1. The van der Waals surface area contributed by atoms with Crippen molar-refractivity contribution in [1.82, 2.24) is 4.90 Å². The molecule has 1 fully saturated rings. The van der Waals surface area contributed by atoms with Crippen LogP contribution in [-0.2, 0) is 6.54 Å². The van der Waals surface area contributed by atoms with Gasteiger partial charge in [-0.2, -0.15) is 0 Å². The Morgan fingerprint density at radius 1 is 1.47 bits per heavy atom. The fraction of sp³-hybridized carbons (Fsp3) is 0.625. The van der Waals surface area contributed by atoms with E-state index in [1.54, 1.807) is 11.3 Å². The molecule has 1 heterocycles. The summed E-state index contributed by atoms with van der Waals surface area (Å²) in [6, 6.07) is 2.90. The first-order valence-electron chi connectivity index (χ1n) is 7.11. The molecule has 1 aromatic rings. The molecule has 0 atom stereocenters. The number of thiophene rings is 1. The second-order valence-electron chi connectivity index (χ2n) is 5.59. The van der Waals surface area contributed by atoms with Gasteiger partial charge in [0.2, 0.25) is 0 Å². The van der Waals surface area contributed by atoms with Crippen LogP contribution in [0.25, 0.3) is 0 Å². The predicted molar refractivity (Wildman–Crippen MR) is 81.2 cm³/mol. The summed E-state index contributed by atoms with van der Waals surface area (Å²) in [6.45, 7) is 6.92. The molecule has 2 nitrogen and oxygen atoms in total. The summed E-state index contributed by atoms with van der Waals surface area (Å²) >= 11 is 1.80. The Morgan fingerprint density at radius 3 is 2.89 bits per heavy atom. The van der Waals surface area contributed by atoms with E-state index in [1.807, 2.05) is 0 Å². The van der Waals surface area contributed by atoms with Gasteiger partial charge in [0, 0.05) is 36.0 Å². The third-order valence-electron chi connectivity index (χ3n) is 3.21. The van der Waals surface area contributed by atoms with E-state index in [0.29, 0.717) is 12.3 Å². The third kappa shape index (κ3) is 4.65. The van der Waals surface area contributed by atoms with E-state index in [4.69, 9.17) is 5.11 Å². The first kappa shape index (κ1) is 14.6. The van der Waals surface area contributed by atoms with Gasteiger partial charge in [0.1, 0.15) is 0 Å². The summed E-state index contributed by atoms with van der Waals surface area (Å²) < 4.78 is 0. The van der Waals surface area contributed by atoms with Crippen molar-refractivity contribution < 1.29 is 5.11 Å². The summed E-state index contributed by atoms with van der Waals surface area (Å²) in [7, 11) is 0. The molecule has 3 heteroatoms. The number of rotatable bonds is 6. The molecule has 1 N–H and O–H groups in total. The van der Waals surface area contributed by atoms with Crippen LogP contribution >= 0.6 is 11.3 Å². The van der Waals surface area contributed by atoms with Gasteiger partial charge < -0.3 is 5.11 Å². The molecule has 0 aliphatic heterocycles. The second kappa shape index (κ2) is 7.09. The van der Waals surface area contributed by atoms with E-state index in [9.17, 15) is 0 Å². The average Bonchev–Trinajstić information content (AvgIpc) is 3.12. The molecule has 104 valence electrons. The topological polar surface area (TPSA) is 23.5 Å². The number of hydrogen-bond acceptors (Lipinski definition) is 3. The third-order valence-corrected chi connectivity index (χ3v) is 4.12. The Hall–Kier alpha value is -0.820. The van der Waals surface area contributed by atoms with Gasteiger partial charge in [-0.15, -0.1) is 11.3 Å². The SMILES string of the molecule is CC(C)CN(Cc1sccc1C#CCCO)C1CC1. The van der Waals surface area contributed by atoms with Gasteiger partial charge >= 0.3 is 0 Å². The van der Waals surface area contributed by atoms with Crippen LogP contribution in [0.2, 0.25) is 0 Å². The van der Waals surface area contributed by atoms with Crippen LogP contribution in [-0.4, -0.2) is 29.2 Å². The Bertz CT molecular complexity index is 451. The number of nitrogens with zero attached hydrogens (tertiary/aromatic N) is 1. The summed E-state index contributed by atoms with van der Waals surface area (Å²) in [5.74, 6) is 6.92. The van der Waals surface area contributed by atoms with Crippen molar-refractivity contribution in [2.45, 2.75) is 45.7 Å². The normalized spacial score (nSPS) is 14.8. The highest BCUT2D eigenvalue weighted by Crippen LogP contribution is 2.30. The van der Waals surface area contributed by atoms with Gasteiger partial charge in [-0.3, -0.25) is 4.90 Å². The summed E-state index contributed by atoms with van der Waals surface area (Å²) in [4.78, 5) is 3.98. The smallest absolute Gasteiger partial charge is 0.0540 e. The highest BCUT2D eigenvalue weighted by atomic mass is 32.1. The molecule has 0 saturated heterocycles. The zero-order chi connectivity index (χ0) is 13.7. The van der Waals surface area contributed by atoms with Gasteiger partial charge in [0.15, 0.2) is 0 Å². The van der Waals surface area contributed by atoms with Crippen molar-refractivity contribution in [3.05, 3.63) is 21.9 Å². The van der Waals surface area contributed by atoms with Crippen LogP contribution in [0.5, 0.6) is 0 Å². The monoisotopic (exact) mass is 277 g/mol. The second-order valence-corrected chi connectivity index (χ2v) is 6.59. The van der Waals surface area contributed by atoms with Crippen LogP contribution in [0.4, 0.5) is 0 Å². The molecule has 0 amide bonds. The molecule has 1 aliphatic rings. The van der Waals surface area contributed by atoms with Crippen molar-refractivity contribution in [2.75, 3.05) is 13.2 Å². The van der Waals surface area contributed by atoms with Crippen LogP contribution in [0.15, 0.2) is 11.4 Å². The Kier molecular flexibility index (Phi) is 5.45. The minimum atomic E-state index is 0.147. The molecule has 1 aliphatic carbocycles. The molecule has 0 radical (unpaired) electrons. The van der Waals surface area contributed by atoms with E-state index in [-0.39, 0.29) is 6.61 Å². The van der Waals surface area contributed by atoms with E-state index in [1.165, 1.54) is 24.3 Å². The quantitative estimate of drug-likeness (QED) is 0.808.